The van der Waals surface area contributed by atoms with Gasteiger partial charge in [0.25, 0.3) is 0 Å². The van der Waals surface area contributed by atoms with Crippen molar-refractivity contribution in [2.45, 2.75) is 39.9 Å². The van der Waals surface area contributed by atoms with E-state index in [1.54, 1.807) is 11.3 Å². The van der Waals surface area contributed by atoms with E-state index in [2.05, 4.69) is 62.3 Å². The summed E-state index contributed by atoms with van der Waals surface area (Å²) in [7, 11) is -1.84. The first-order chi connectivity index (χ1) is 14.2. The highest BCUT2D eigenvalue weighted by Gasteiger charge is 2.31. The van der Waals surface area contributed by atoms with Gasteiger partial charge >= 0.3 is 0 Å². The number of rotatable bonds is 5. The van der Waals surface area contributed by atoms with Gasteiger partial charge in [-0.2, -0.15) is 0 Å². The molecule has 5 nitrogen and oxygen atoms in total. The van der Waals surface area contributed by atoms with Gasteiger partial charge in [0.05, 0.1) is 23.4 Å². The van der Waals surface area contributed by atoms with Crippen LogP contribution in [0.5, 0.6) is 5.75 Å². The van der Waals surface area contributed by atoms with Crippen LogP contribution in [0.3, 0.4) is 0 Å². The first-order valence-corrected chi connectivity index (χ1v) is 14.6. The predicted octanol–water partition coefficient (Wildman–Crippen LogP) is 5.82. The number of ether oxygens (including phenoxy) is 1. The quantitative estimate of drug-likeness (QED) is 0.467. The van der Waals surface area contributed by atoms with E-state index < -0.39 is 8.32 Å². The second kappa shape index (κ2) is 8.28. The number of morpholine rings is 1. The largest absolute Gasteiger partial charge is 0.544 e. The lowest BCUT2D eigenvalue weighted by Gasteiger charge is -2.31. The van der Waals surface area contributed by atoms with Crippen LogP contribution in [0.2, 0.25) is 19.1 Å². The molecule has 1 aromatic carbocycles. The van der Waals surface area contributed by atoms with E-state index in [4.69, 9.17) is 19.1 Å². The van der Waals surface area contributed by atoms with Gasteiger partial charge in [-0.3, -0.25) is 0 Å². The number of fused-ring (bicyclic) bond motifs is 1. The summed E-state index contributed by atoms with van der Waals surface area (Å²) in [6.45, 7) is 14.6. The van der Waals surface area contributed by atoms with Gasteiger partial charge in [-0.15, -0.1) is 11.3 Å². The molecule has 7 heteroatoms. The van der Waals surface area contributed by atoms with Gasteiger partial charge in [-0.05, 0) is 48.1 Å². The molecule has 0 bridgehead atoms. The van der Waals surface area contributed by atoms with E-state index in [1.165, 1.54) is 0 Å². The van der Waals surface area contributed by atoms with E-state index in [0.29, 0.717) is 0 Å². The van der Waals surface area contributed by atoms with Crippen LogP contribution >= 0.6 is 11.3 Å². The van der Waals surface area contributed by atoms with Crippen LogP contribution < -0.4 is 9.33 Å². The lowest BCUT2D eigenvalue weighted by atomic mass is 10.0. The Bertz CT molecular complexity index is 1020. The summed E-state index contributed by atoms with van der Waals surface area (Å²) in [5.74, 6) is 2.68. The van der Waals surface area contributed by atoms with Crippen LogP contribution in [0, 0.1) is 5.41 Å². The maximum absolute atomic E-state index is 6.52. The summed E-state index contributed by atoms with van der Waals surface area (Å²) >= 11 is 1.70. The van der Waals surface area contributed by atoms with Crippen LogP contribution in [0.25, 0.3) is 21.6 Å². The summed E-state index contributed by atoms with van der Waals surface area (Å²) in [5.41, 5.74) is 2.25. The fourth-order valence-electron chi connectivity index (χ4n) is 4.30. The number of benzene rings is 1. The van der Waals surface area contributed by atoms with Crippen LogP contribution in [-0.4, -0.2) is 44.6 Å². The molecule has 1 fully saturated rings. The molecule has 0 unspecified atom stereocenters. The first-order valence-electron chi connectivity index (χ1n) is 10.6. The SMILES string of the molecule is CC(C)(C)C[Si](C)(C)Oc1cccc(-c2nc(N3CCOCC3)c3sccc3n2)c1. The Hall–Kier alpha value is -1.96. The highest BCUT2D eigenvalue weighted by molar-refractivity contribution is 7.17. The van der Waals surface area contributed by atoms with E-state index in [0.717, 1.165) is 65.5 Å². The molecule has 1 aliphatic rings. The molecule has 160 valence electrons. The molecule has 30 heavy (non-hydrogen) atoms. The predicted molar refractivity (Wildman–Crippen MR) is 128 cm³/mol. The van der Waals surface area contributed by atoms with Gasteiger partial charge in [-0.25, -0.2) is 9.97 Å². The Morgan fingerprint density at radius 2 is 1.90 bits per heavy atom. The number of anilines is 1. The lowest BCUT2D eigenvalue weighted by molar-refractivity contribution is 0.122. The molecule has 0 spiro atoms. The van der Waals surface area contributed by atoms with Crippen molar-refractivity contribution in [2.24, 2.45) is 5.41 Å². The summed E-state index contributed by atoms with van der Waals surface area (Å²) in [6, 6.07) is 11.4. The number of aromatic nitrogens is 2. The maximum atomic E-state index is 6.52. The smallest absolute Gasteiger partial charge is 0.245 e. The van der Waals surface area contributed by atoms with Crippen molar-refractivity contribution in [2.75, 3.05) is 31.2 Å². The summed E-state index contributed by atoms with van der Waals surface area (Å²) in [4.78, 5) is 12.2. The molecule has 1 aliphatic heterocycles. The second-order valence-corrected chi connectivity index (χ2v) is 14.7. The minimum Gasteiger partial charge on any atom is -0.544 e. The van der Waals surface area contributed by atoms with E-state index >= 15 is 0 Å². The molecule has 1 saturated heterocycles. The van der Waals surface area contributed by atoms with Crippen LogP contribution in [0.15, 0.2) is 35.7 Å². The standard InChI is InChI=1S/C23H31N3O2SSi/c1-23(2,3)16-30(4,5)28-18-8-6-7-17(15-18)21-24-19-9-14-29-20(19)22(25-21)26-10-12-27-13-11-26/h6-9,14-15H,10-13,16H2,1-5H3. The number of thiophene rings is 1. The Kier molecular flexibility index (Phi) is 5.88. The Morgan fingerprint density at radius 3 is 2.63 bits per heavy atom. The third-order valence-corrected chi connectivity index (χ3v) is 8.64. The van der Waals surface area contributed by atoms with Gasteiger partial charge in [0, 0.05) is 18.7 Å². The molecule has 0 aliphatic carbocycles. The van der Waals surface area contributed by atoms with Gasteiger partial charge in [-0.1, -0.05) is 32.9 Å². The lowest BCUT2D eigenvalue weighted by Crippen LogP contribution is -2.38. The number of hydrogen-bond donors (Lipinski definition) is 0. The van der Waals surface area contributed by atoms with Crippen molar-refractivity contribution >= 4 is 35.7 Å². The highest BCUT2D eigenvalue weighted by atomic mass is 32.1. The molecule has 0 amide bonds. The van der Waals surface area contributed by atoms with E-state index in [9.17, 15) is 0 Å². The minimum absolute atomic E-state index is 0.257. The van der Waals surface area contributed by atoms with Crippen molar-refractivity contribution in [1.82, 2.24) is 9.97 Å². The number of nitrogens with zero attached hydrogens (tertiary/aromatic N) is 3. The summed E-state index contributed by atoms with van der Waals surface area (Å²) in [6.07, 6.45) is 0. The fraction of sp³-hybridized carbons (Fsp3) is 0.478. The van der Waals surface area contributed by atoms with Gasteiger partial charge in [0.2, 0.25) is 8.32 Å². The molecule has 3 aromatic rings. The van der Waals surface area contributed by atoms with Gasteiger partial charge < -0.3 is 14.1 Å². The van der Waals surface area contributed by atoms with Crippen molar-refractivity contribution in [3.05, 3.63) is 35.7 Å². The summed E-state index contributed by atoms with van der Waals surface area (Å²) < 4.78 is 13.2. The third-order valence-electron chi connectivity index (χ3n) is 5.04. The van der Waals surface area contributed by atoms with Gasteiger partial charge in [0.15, 0.2) is 11.6 Å². The van der Waals surface area contributed by atoms with Crippen LogP contribution in [0.1, 0.15) is 20.8 Å². The van der Waals surface area contributed by atoms with E-state index in [-0.39, 0.29) is 5.41 Å². The fourth-order valence-corrected chi connectivity index (χ4v) is 8.54. The molecule has 0 N–H and O–H groups in total. The minimum atomic E-state index is -1.84. The zero-order valence-corrected chi connectivity index (χ0v) is 20.4. The first kappa shape index (κ1) is 21.3. The van der Waals surface area contributed by atoms with Crippen LogP contribution in [0.4, 0.5) is 5.82 Å². The van der Waals surface area contributed by atoms with Crippen molar-refractivity contribution < 1.29 is 9.16 Å². The zero-order chi connectivity index (χ0) is 21.4. The molecule has 4 rings (SSSR count). The number of hydrogen-bond acceptors (Lipinski definition) is 6. The Morgan fingerprint density at radius 1 is 1.13 bits per heavy atom. The van der Waals surface area contributed by atoms with Crippen molar-refractivity contribution in [3.63, 3.8) is 0 Å². The Labute approximate surface area is 184 Å². The van der Waals surface area contributed by atoms with Crippen LogP contribution in [-0.2, 0) is 4.74 Å². The van der Waals surface area contributed by atoms with Crippen molar-refractivity contribution in [3.8, 4) is 17.1 Å². The molecular formula is C23H31N3O2SSi. The topological polar surface area (TPSA) is 47.5 Å². The van der Waals surface area contributed by atoms with Crippen molar-refractivity contribution in [1.29, 1.82) is 0 Å². The molecular weight excluding hydrogens is 410 g/mol. The highest BCUT2D eigenvalue weighted by Crippen LogP contribution is 2.34. The monoisotopic (exact) mass is 441 g/mol. The molecule has 2 aromatic heterocycles. The molecule has 0 atom stereocenters. The zero-order valence-electron chi connectivity index (χ0n) is 18.6. The Balaban J connectivity index is 1.66. The average molecular weight is 442 g/mol. The average Bonchev–Trinajstić information content (AvgIpc) is 3.14. The van der Waals surface area contributed by atoms with Gasteiger partial charge in [0.1, 0.15) is 5.75 Å². The summed E-state index contributed by atoms with van der Waals surface area (Å²) in [5, 5.41) is 2.09. The molecule has 3 heterocycles. The second-order valence-electron chi connectivity index (χ2n) is 9.73. The third kappa shape index (κ3) is 5.02. The molecule has 0 saturated carbocycles. The normalized spacial score (nSPS) is 15.6. The van der Waals surface area contributed by atoms with E-state index in [1.807, 2.05) is 12.1 Å². The molecule has 0 radical (unpaired) electrons. The maximum Gasteiger partial charge on any atom is 0.245 e.